The molecule has 5 N–H and O–H groups in total. The summed E-state index contributed by atoms with van der Waals surface area (Å²) in [7, 11) is 0. The minimum absolute atomic E-state index is 0.119. The summed E-state index contributed by atoms with van der Waals surface area (Å²) < 4.78 is 13.5. The second-order valence-electron chi connectivity index (χ2n) is 3.96. The lowest BCUT2D eigenvalue weighted by Crippen LogP contribution is -2.30. The van der Waals surface area contributed by atoms with Crippen LogP contribution in [-0.4, -0.2) is 17.7 Å². The summed E-state index contributed by atoms with van der Waals surface area (Å²) in [6, 6.07) is 4.32. The molecule has 1 rings (SSSR count). The van der Waals surface area contributed by atoms with Crippen molar-refractivity contribution in [3.05, 3.63) is 35.1 Å². The average molecular weight is 271 g/mol. The van der Waals surface area contributed by atoms with Crippen molar-refractivity contribution in [3.63, 3.8) is 0 Å². The van der Waals surface area contributed by atoms with E-state index < -0.39 is 5.91 Å². The van der Waals surface area contributed by atoms with Gasteiger partial charge in [0, 0.05) is 23.1 Å². The summed E-state index contributed by atoms with van der Waals surface area (Å²) in [4.78, 5) is 11.3. The van der Waals surface area contributed by atoms with Gasteiger partial charge < -0.3 is 5.73 Å². The molecule has 0 heterocycles. The smallest absolute Gasteiger partial charge is 0.265 e. The standard InChI is InChI=1S/C12H18FN3OS/c1-2-10(14)7-18-6-9-5-8(12(17)16-15)3-4-11(9)13/h3-5,10H,2,6-7,14-15H2,1H3,(H,16,17). The first-order valence-electron chi connectivity index (χ1n) is 5.71. The van der Waals surface area contributed by atoms with Gasteiger partial charge in [0.2, 0.25) is 0 Å². The van der Waals surface area contributed by atoms with Crippen LogP contribution < -0.4 is 17.0 Å². The van der Waals surface area contributed by atoms with Gasteiger partial charge in [-0.15, -0.1) is 0 Å². The fourth-order valence-electron chi connectivity index (χ4n) is 1.35. The van der Waals surface area contributed by atoms with Crippen LogP contribution in [0.5, 0.6) is 0 Å². The van der Waals surface area contributed by atoms with E-state index in [2.05, 4.69) is 0 Å². The molecule has 0 spiro atoms. The van der Waals surface area contributed by atoms with Gasteiger partial charge in [-0.1, -0.05) is 6.92 Å². The number of nitrogens with two attached hydrogens (primary N) is 2. The Labute approximate surface area is 110 Å². The quantitative estimate of drug-likeness (QED) is 0.415. The third-order valence-electron chi connectivity index (χ3n) is 2.55. The zero-order chi connectivity index (χ0) is 13.5. The van der Waals surface area contributed by atoms with E-state index in [1.807, 2.05) is 12.3 Å². The van der Waals surface area contributed by atoms with Crippen molar-refractivity contribution in [2.24, 2.45) is 11.6 Å². The van der Waals surface area contributed by atoms with E-state index in [4.69, 9.17) is 11.6 Å². The molecule has 1 unspecified atom stereocenters. The Hall–Kier alpha value is -1.11. The Morgan fingerprint density at radius 2 is 2.28 bits per heavy atom. The minimum atomic E-state index is -0.425. The molecule has 1 atom stereocenters. The third kappa shape index (κ3) is 4.29. The molecule has 0 aliphatic carbocycles. The molecule has 0 aromatic heterocycles. The third-order valence-corrected chi connectivity index (χ3v) is 3.73. The van der Waals surface area contributed by atoms with E-state index >= 15 is 0 Å². The van der Waals surface area contributed by atoms with Gasteiger partial charge in [-0.25, -0.2) is 10.2 Å². The van der Waals surface area contributed by atoms with Gasteiger partial charge in [-0.2, -0.15) is 11.8 Å². The predicted molar refractivity (Wildman–Crippen MR) is 72.5 cm³/mol. The maximum atomic E-state index is 13.5. The molecular formula is C12H18FN3OS. The number of hydrogen-bond acceptors (Lipinski definition) is 4. The number of thioether (sulfide) groups is 1. The maximum absolute atomic E-state index is 13.5. The lowest BCUT2D eigenvalue weighted by Gasteiger charge is -2.09. The van der Waals surface area contributed by atoms with Crippen LogP contribution in [0, 0.1) is 5.82 Å². The van der Waals surface area contributed by atoms with Crippen LogP contribution in [0.15, 0.2) is 18.2 Å². The van der Waals surface area contributed by atoms with Gasteiger partial charge in [0.25, 0.3) is 5.91 Å². The first-order valence-corrected chi connectivity index (χ1v) is 6.86. The lowest BCUT2D eigenvalue weighted by atomic mass is 10.1. The Morgan fingerprint density at radius 3 is 2.89 bits per heavy atom. The molecule has 0 saturated carbocycles. The average Bonchev–Trinajstić information content (AvgIpc) is 2.39. The fourth-order valence-corrected chi connectivity index (χ4v) is 2.45. The van der Waals surface area contributed by atoms with E-state index in [9.17, 15) is 9.18 Å². The largest absolute Gasteiger partial charge is 0.327 e. The Balaban J connectivity index is 2.66. The molecular weight excluding hydrogens is 253 g/mol. The number of halogens is 1. The van der Waals surface area contributed by atoms with E-state index in [0.29, 0.717) is 16.9 Å². The molecule has 0 saturated heterocycles. The van der Waals surface area contributed by atoms with Crippen molar-refractivity contribution in [1.82, 2.24) is 5.43 Å². The number of amides is 1. The highest BCUT2D eigenvalue weighted by molar-refractivity contribution is 7.98. The summed E-state index contributed by atoms with van der Waals surface area (Å²) in [6.07, 6.45) is 0.894. The van der Waals surface area contributed by atoms with Crippen molar-refractivity contribution in [2.75, 3.05) is 5.75 Å². The summed E-state index contributed by atoms with van der Waals surface area (Å²) in [5.41, 5.74) is 8.65. The Kier molecular flexibility index (Phi) is 6.11. The van der Waals surface area contributed by atoms with Crippen LogP contribution in [0.25, 0.3) is 0 Å². The normalized spacial score (nSPS) is 12.2. The van der Waals surface area contributed by atoms with Gasteiger partial charge in [0.05, 0.1) is 0 Å². The van der Waals surface area contributed by atoms with Crippen LogP contribution in [0.2, 0.25) is 0 Å². The van der Waals surface area contributed by atoms with E-state index in [0.717, 1.165) is 12.2 Å². The second kappa shape index (κ2) is 7.35. The molecule has 4 nitrogen and oxygen atoms in total. The molecule has 100 valence electrons. The minimum Gasteiger partial charge on any atom is -0.327 e. The number of carbonyl (C=O) groups is 1. The predicted octanol–water partition coefficient (Wildman–Crippen LogP) is 1.40. The molecule has 1 aromatic carbocycles. The molecule has 1 aromatic rings. The van der Waals surface area contributed by atoms with E-state index in [1.165, 1.54) is 18.2 Å². The first kappa shape index (κ1) is 14.9. The van der Waals surface area contributed by atoms with Gasteiger partial charge in [-0.05, 0) is 30.2 Å². The molecule has 0 radical (unpaired) electrons. The van der Waals surface area contributed by atoms with Crippen molar-refractivity contribution in [3.8, 4) is 0 Å². The highest BCUT2D eigenvalue weighted by atomic mass is 32.2. The molecule has 0 fully saturated rings. The number of rotatable bonds is 6. The van der Waals surface area contributed by atoms with Crippen LogP contribution in [0.3, 0.4) is 0 Å². The molecule has 18 heavy (non-hydrogen) atoms. The van der Waals surface area contributed by atoms with Crippen LogP contribution in [0.1, 0.15) is 29.3 Å². The van der Waals surface area contributed by atoms with E-state index in [1.54, 1.807) is 11.8 Å². The zero-order valence-electron chi connectivity index (χ0n) is 10.3. The number of nitrogen functional groups attached to an aromatic ring is 1. The second-order valence-corrected chi connectivity index (χ2v) is 4.99. The van der Waals surface area contributed by atoms with E-state index in [-0.39, 0.29) is 11.9 Å². The number of hydrazine groups is 1. The monoisotopic (exact) mass is 271 g/mol. The SMILES string of the molecule is CCC(N)CSCc1cc(C(=O)NN)ccc1F. The van der Waals surface area contributed by atoms with Crippen molar-refractivity contribution >= 4 is 17.7 Å². The number of benzene rings is 1. The summed E-state index contributed by atoms with van der Waals surface area (Å²) in [5, 5.41) is 0. The highest BCUT2D eigenvalue weighted by Crippen LogP contribution is 2.18. The Morgan fingerprint density at radius 1 is 1.56 bits per heavy atom. The summed E-state index contributed by atoms with van der Waals surface area (Å²) >= 11 is 1.55. The van der Waals surface area contributed by atoms with Crippen molar-refractivity contribution in [1.29, 1.82) is 0 Å². The summed E-state index contributed by atoms with van der Waals surface area (Å²) in [5.74, 6) is 5.55. The topological polar surface area (TPSA) is 81.1 Å². The van der Waals surface area contributed by atoms with Crippen molar-refractivity contribution in [2.45, 2.75) is 25.1 Å². The van der Waals surface area contributed by atoms with Crippen molar-refractivity contribution < 1.29 is 9.18 Å². The van der Waals surface area contributed by atoms with Crippen LogP contribution in [-0.2, 0) is 5.75 Å². The van der Waals surface area contributed by atoms with Gasteiger partial charge in [0.1, 0.15) is 5.82 Å². The van der Waals surface area contributed by atoms with Gasteiger partial charge in [-0.3, -0.25) is 10.2 Å². The zero-order valence-corrected chi connectivity index (χ0v) is 11.1. The fraction of sp³-hybridized carbons (Fsp3) is 0.417. The lowest BCUT2D eigenvalue weighted by molar-refractivity contribution is 0.0953. The first-order chi connectivity index (χ1) is 8.58. The highest BCUT2D eigenvalue weighted by Gasteiger charge is 2.09. The summed E-state index contributed by atoms with van der Waals surface area (Å²) in [6.45, 7) is 2.01. The molecule has 0 aliphatic rings. The molecule has 6 heteroatoms. The van der Waals surface area contributed by atoms with Crippen LogP contribution >= 0.6 is 11.8 Å². The Bertz CT molecular complexity index is 414. The maximum Gasteiger partial charge on any atom is 0.265 e. The van der Waals surface area contributed by atoms with Gasteiger partial charge in [0.15, 0.2) is 0 Å². The number of nitrogens with one attached hydrogen (secondary N) is 1. The van der Waals surface area contributed by atoms with Crippen LogP contribution in [0.4, 0.5) is 4.39 Å². The van der Waals surface area contributed by atoms with Gasteiger partial charge >= 0.3 is 0 Å². The number of carbonyl (C=O) groups excluding carboxylic acids is 1. The molecule has 0 bridgehead atoms. The molecule has 0 aliphatic heterocycles. The number of hydrogen-bond donors (Lipinski definition) is 3. The molecule has 1 amide bonds.